The third-order valence-electron chi connectivity index (χ3n) is 4.35. The molecule has 1 heterocycles. The Kier molecular flexibility index (Phi) is 4.62. The number of esters is 1. The van der Waals surface area contributed by atoms with Gasteiger partial charge in [0.05, 0.1) is 12.5 Å². The van der Waals surface area contributed by atoms with E-state index >= 15 is 0 Å². The maximum atomic E-state index is 12.3. The maximum absolute atomic E-state index is 12.3. The maximum Gasteiger partial charge on any atom is 0.374 e. The highest BCUT2D eigenvalue weighted by atomic mass is 16.5. The lowest BCUT2D eigenvalue weighted by Gasteiger charge is -2.09. The number of ether oxygens (including phenoxy) is 2. The number of hydrogen-bond acceptors (Lipinski definition) is 4. The molecule has 0 amide bonds. The van der Waals surface area contributed by atoms with Crippen LogP contribution in [0.4, 0.5) is 0 Å². The van der Waals surface area contributed by atoms with E-state index in [1.165, 1.54) is 7.11 Å². The first kappa shape index (κ1) is 16.9. The molecule has 0 fully saturated rings. The molecule has 0 aliphatic carbocycles. The summed E-state index contributed by atoms with van der Waals surface area (Å²) in [5, 5.41) is 0.764. The average molecular weight is 358 g/mol. The zero-order chi connectivity index (χ0) is 18.6. The van der Waals surface area contributed by atoms with Crippen LogP contribution in [0.2, 0.25) is 0 Å². The van der Waals surface area contributed by atoms with Gasteiger partial charge < -0.3 is 13.9 Å². The number of benzene rings is 3. The number of hydrogen-bond donors (Lipinski definition) is 0. The van der Waals surface area contributed by atoms with E-state index in [-0.39, 0.29) is 5.76 Å². The van der Waals surface area contributed by atoms with Gasteiger partial charge in [-0.15, -0.1) is 0 Å². The molecule has 0 atom stereocenters. The minimum atomic E-state index is -0.515. The highest BCUT2D eigenvalue weighted by Gasteiger charge is 2.24. The van der Waals surface area contributed by atoms with Crippen LogP contribution in [0, 0.1) is 0 Å². The summed E-state index contributed by atoms with van der Waals surface area (Å²) in [6, 6.07) is 25.1. The van der Waals surface area contributed by atoms with E-state index in [2.05, 4.69) is 0 Å². The Bertz CT molecular complexity index is 1070. The van der Waals surface area contributed by atoms with Crippen molar-refractivity contribution in [3.63, 3.8) is 0 Å². The van der Waals surface area contributed by atoms with Gasteiger partial charge >= 0.3 is 5.97 Å². The standard InChI is InChI=1S/C23H18O4/c1-25-23(24)22-20(17-11-6-3-7-12-17)21-18(13-8-14-19(21)27-22)26-15-16-9-4-2-5-10-16/h2-14H,15H2,1H3. The predicted octanol–water partition coefficient (Wildman–Crippen LogP) is 5.47. The monoisotopic (exact) mass is 358 g/mol. The summed E-state index contributed by atoms with van der Waals surface area (Å²) in [5.41, 5.74) is 3.20. The van der Waals surface area contributed by atoms with Crippen LogP contribution >= 0.6 is 0 Å². The summed E-state index contributed by atoms with van der Waals surface area (Å²) < 4.78 is 16.9. The molecule has 134 valence electrons. The van der Waals surface area contributed by atoms with E-state index in [1.807, 2.05) is 78.9 Å². The van der Waals surface area contributed by atoms with Gasteiger partial charge in [0.1, 0.15) is 17.9 Å². The van der Waals surface area contributed by atoms with Crippen LogP contribution in [-0.4, -0.2) is 13.1 Å². The van der Waals surface area contributed by atoms with E-state index < -0.39 is 5.97 Å². The van der Waals surface area contributed by atoms with Crippen molar-refractivity contribution < 1.29 is 18.7 Å². The molecule has 1 aromatic heterocycles. The van der Waals surface area contributed by atoms with E-state index in [9.17, 15) is 4.79 Å². The van der Waals surface area contributed by atoms with Crippen LogP contribution < -0.4 is 4.74 Å². The van der Waals surface area contributed by atoms with E-state index in [0.29, 0.717) is 23.5 Å². The molecule has 0 radical (unpaired) electrons. The first-order valence-corrected chi connectivity index (χ1v) is 8.64. The van der Waals surface area contributed by atoms with Crippen molar-refractivity contribution >= 4 is 16.9 Å². The topological polar surface area (TPSA) is 48.7 Å². The van der Waals surface area contributed by atoms with Crippen molar-refractivity contribution in [2.24, 2.45) is 0 Å². The van der Waals surface area contributed by atoms with Crippen molar-refractivity contribution in [3.05, 3.63) is 90.2 Å². The second kappa shape index (κ2) is 7.38. The zero-order valence-electron chi connectivity index (χ0n) is 14.8. The largest absolute Gasteiger partial charge is 0.488 e. The highest BCUT2D eigenvalue weighted by molar-refractivity contribution is 6.08. The molecule has 0 N–H and O–H groups in total. The van der Waals surface area contributed by atoms with Gasteiger partial charge in [0, 0.05) is 5.56 Å². The molecule has 0 saturated heterocycles. The Morgan fingerprint density at radius 1 is 0.889 bits per heavy atom. The molecular weight excluding hydrogens is 340 g/mol. The summed E-state index contributed by atoms with van der Waals surface area (Å²) in [5.74, 6) is 0.322. The quantitative estimate of drug-likeness (QED) is 0.444. The van der Waals surface area contributed by atoms with Gasteiger partial charge in [-0.05, 0) is 23.3 Å². The van der Waals surface area contributed by atoms with Crippen molar-refractivity contribution in [1.29, 1.82) is 0 Å². The van der Waals surface area contributed by atoms with Gasteiger partial charge in [-0.25, -0.2) is 4.79 Å². The van der Waals surface area contributed by atoms with Crippen molar-refractivity contribution in [2.75, 3.05) is 7.11 Å². The number of rotatable bonds is 5. The molecule has 4 aromatic rings. The number of fused-ring (bicyclic) bond motifs is 1. The Morgan fingerprint density at radius 2 is 1.59 bits per heavy atom. The van der Waals surface area contributed by atoms with Gasteiger partial charge in [-0.3, -0.25) is 0 Å². The number of furan rings is 1. The third-order valence-corrected chi connectivity index (χ3v) is 4.35. The fraction of sp³-hybridized carbons (Fsp3) is 0.0870. The second-order valence-electron chi connectivity index (χ2n) is 6.07. The molecular formula is C23H18O4. The second-order valence-corrected chi connectivity index (χ2v) is 6.07. The first-order valence-electron chi connectivity index (χ1n) is 8.64. The molecule has 4 heteroatoms. The molecule has 0 unspecified atom stereocenters. The fourth-order valence-corrected chi connectivity index (χ4v) is 3.09. The molecule has 0 spiro atoms. The molecule has 0 aliphatic heterocycles. The zero-order valence-corrected chi connectivity index (χ0v) is 14.8. The summed E-state index contributed by atoms with van der Waals surface area (Å²) in [6.07, 6.45) is 0. The van der Waals surface area contributed by atoms with Crippen LogP contribution in [0.1, 0.15) is 16.1 Å². The number of carbonyl (C=O) groups excluding carboxylic acids is 1. The minimum Gasteiger partial charge on any atom is -0.488 e. The van der Waals surface area contributed by atoms with Gasteiger partial charge in [0.25, 0.3) is 0 Å². The molecule has 0 saturated carbocycles. The Labute approximate surface area is 157 Å². The summed E-state index contributed by atoms with van der Waals surface area (Å²) in [7, 11) is 1.34. The Morgan fingerprint density at radius 3 is 2.30 bits per heavy atom. The van der Waals surface area contributed by atoms with Gasteiger partial charge in [0.2, 0.25) is 5.76 Å². The lowest BCUT2D eigenvalue weighted by molar-refractivity contribution is 0.0569. The normalized spacial score (nSPS) is 10.7. The molecule has 0 bridgehead atoms. The smallest absolute Gasteiger partial charge is 0.374 e. The summed E-state index contributed by atoms with van der Waals surface area (Å²) in [4.78, 5) is 12.3. The van der Waals surface area contributed by atoms with Crippen LogP contribution in [0.15, 0.2) is 83.3 Å². The molecule has 27 heavy (non-hydrogen) atoms. The lowest BCUT2D eigenvalue weighted by atomic mass is 10.0. The minimum absolute atomic E-state index is 0.175. The SMILES string of the molecule is COC(=O)c1oc2cccc(OCc3ccccc3)c2c1-c1ccccc1. The van der Waals surface area contributed by atoms with Gasteiger partial charge in [-0.2, -0.15) is 0 Å². The Balaban J connectivity index is 1.85. The van der Waals surface area contributed by atoms with E-state index in [4.69, 9.17) is 13.9 Å². The molecule has 4 nitrogen and oxygen atoms in total. The number of carbonyl (C=O) groups is 1. The predicted molar refractivity (Wildman–Crippen MR) is 104 cm³/mol. The van der Waals surface area contributed by atoms with Crippen LogP contribution in [0.3, 0.4) is 0 Å². The third kappa shape index (κ3) is 3.29. The fourth-order valence-electron chi connectivity index (χ4n) is 3.09. The summed E-state index contributed by atoms with van der Waals surface area (Å²) in [6.45, 7) is 0.424. The van der Waals surface area contributed by atoms with Gasteiger partial charge in [-0.1, -0.05) is 66.7 Å². The molecule has 3 aromatic carbocycles. The highest BCUT2D eigenvalue weighted by Crippen LogP contribution is 2.40. The van der Waals surface area contributed by atoms with E-state index in [1.54, 1.807) is 0 Å². The number of methoxy groups -OCH3 is 1. The molecule has 0 aliphatic rings. The van der Waals surface area contributed by atoms with Crippen LogP contribution in [0.5, 0.6) is 5.75 Å². The van der Waals surface area contributed by atoms with Crippen LogP contribution in [0.25, 0.3) is 22.1 Å². The Hall–Kier alpha value is -3.53. The van der Waals surface area contributed by atoms with Crippen molar-refractivity contribution in [2.45, 2.75) is 6.61 Å². The van der Waals surface area contributed by atoms with Crippen molar-refractivity contribution in [3.8, 4) is 16.9 Å². The first-order chi connectivity index (χ1) is 13.3. The van der Waals surface area contributed by atoms with Gasteiger partial charge in [0.15, 0.2) is 0 Å². The lowest BCUT2D eigenvalue weighted by Crippen LogP contribution is -2.01. The summed E-state index contributed by atoms with van der Waals surface area (Å²) >= 11 is 0. The molecule has 4 rings (SSSR count). The van der Waals surface area contributed by atoms with E-state index in [0.717, 1.165) is 16.5 Å². The average Bonchev–Trinajstić information content (AvgIpc) is 3.13. The van der Waals surface area contributed by atoms with Crippen molar-refractivity contribution in [1.82, 2.24) is 0 Å². The van der Waals surface area contributed by atoms with Crippen LogP contribution in [-0.2, 0) is 11.3 Å².